The molecule has 1 saturated heterocycles. The van der Waals surface area contributed by atoms with Crippen molar-refractivity contribution in [2.75, 3.05) is 18.4 Å². The number of alkyl halides is 2. The summed E-state index contributed by atoms with van der Waals surface area (Å²) in [6.07, 6.45) is -1.00. The summed E-state index contributed by atoms with van der Waals surface area (Å²) in [5.41, 5.74) is 1.25. The van der Waals surface area contributed by atoms with Gasteiger partial charge in [-0.05, 0) is 42.7 Å². The third-order valence-electron chi connectivity index (χ3n) is 4.90. The minimum Gasteiger partial charge on any atom is -0.365 e. The number of sulfonamides is 1. The predicted molar refractivity (Wildman–Crippen MR) is 106 cm³/mol. The van der Waals surface area contributed by atoms with Gasteiger partial charge in [0.15, 0.2) is 5.82 Å². The van der Waals surface area contributed by atoms with Crippen LogP contribution in [-0.4, -0.2) is 35.8 Å². The van der Waals surface area contributed by atoms with E-state index in [1.54, 1.807) is 48.5 Å². The van der Waals surface area contributed by atoms with Gasteiger partial charge in [-0.1, -0.05) is 24.3 Å². The average molecular weight is 418 g/mol. The first-order valence-electron chi connectivity index (χ1n) is 9.33. The molecular formula is C20H20F2N4O2S. The molecule has 0 radical (unpaired) electrons. The number of rotatable bonds is 6. The lowest BCUT2D eigenvalue weighted by molar-refractivity contribution is 0.141. The number of nitrogens with one attached hydrogen (secondary N) is 1. The highest BCUT2D eigenvalue weighted by Crippen LogP contribution is 2.25. The topological polar surface area (TPSA) is 75.2 Å². The summed E-state index contributed by atoms with van der Waals surface area (Å²) >= 11 is 0. The standard InChI is InChI=1S/C20H20F2N4O2S/c21-18(22)20-24-17-6-2-1-5-16(17)19(25-20)23-13-14-7-9-15(10-8-14)29(27,28)26-11-3-4-12-26/h1-2,5-10,18H,3-4,11-13H2,(H,23,24,25). The number of halogens is 2. The fourth-order valence-electron chi connectivity index (χ4n) is 3.37. The maximum Gasteiger partial charge on any atom is 0.297 e. The third kappa shape index (κ3) is 4.06. The highest BCUT2D eigenvalue weighted by molar-refractivity contribution is 7.89. The Morgan fingerprint density at radius 3 is 2.38 bits per heavy atom. The molecule has 6 nitrogen and oxygen atoms in total. The van der Waals surface area contributed by atoms with Crippen molar-refractivity contribution in [2.24, 2.45) is 0 Å². The van der Waals surface area contributed by atoms with Gasteiger partial charge in [-0.2, -0.15) is 4.31 Å². The van der Waals surface area contributed by atoms with Crippen LogP contribution < -0.4 is 5.32 Å². The van der Waals surface area contributed by atoms with Crippen LogP contribution in [0.2, 0.25) is 0 Å². The second-order valence-corrected chi connectivity index (χ2v) is 8.79. The average Bonchev–Trinajstić information content (AvgIpc) is 3.28. The highest BCUT2D eigenvalue weighted by atomic mass is 32.2. The fourth-order valence-corrected chi connectivity index (χ4v) is 4.89. The molecule has 0 aliphatic carbocycles. The fraction of sp³-hybridized carbons (Fsp3) is 0.300. The van der Waals surface area contributed by atoms with Crippen LogP contribution in [0.1, 0.15) is 30.7 Å². The first-order valence-corrected chi connectivity index (χ1v) is 10.8. The van der Waals surface area contributed by atoms with Gasteiger partial charge in [-0.25, -0.2) is 27.2 Å². The molecule has 0 amide bonds. The first kappa shape index (κ1) is 19.7. The predicted octanol–water partition coefficient (Wildman–Crippen LogP) is 3.96. The number of hydrogen-bond acceptors (Lipinski definition) is 5. The van der Waals surface area contributed by atoms with Gasteiger partial charge in [-0.3, -0.25) is 0 Å². The number of nitrogens with zero attached hydrogens (tertiary/aromatic N) is 3. The maximum atomic E-state index is 13.1. The monoisotopic (exact) mass is 418 g/mol. The van der Waals surface area contributed by atoms with Crippen LogP contribution in [0.25, 0.3) is 10.9 Å². The molecule has 1 aliphatic rings. The zero-order valence-electron chi connectivity index (χ0n) is 15.6. The summed E-state index contributed by atoms with van der Waals surface area (Å²) in [4.78, 5) is 8.10. The van der Waals surface area contributed by atoms with Crippen molar-refractivity contribution in [3.05, 3.63) is 59.9 Å². The second kappa shape index (κ2) is 8.00. The Labute approximate surface area is 167 Å². The lowest BCUT2D eigenvalue weighted by Gasteiger charge is -2.16. The number of anilines is 1. The van der Waals surface area contributed by atoms with E-state index < -0.39 is 22.3 Å². The molecule has 0 saturated carbocycles. The molecule has 29 heavy (non-hydrogen) atoms. The summed E-state index contributed by atoms with van der Waals surface area (Å²) in [5.74, 6) is -0.210. The van der Waals surface area contributed by atoms with Crippen LogP contribution >= 0.6 is 0 Å². The van der Waals surface area contributed by atoms with E-state index in [0.717, 1.165) is 18.4 Å². The Morgan fingerprint density at radius 2 is 1.69 bits per heavy atom. The Kier molecular flexibility index (Phi) is 5.42. The number of para-hydroxylation sites is 1. The SMILES string of the molecule is O=S(=O)(c1ccc(CNc2nc(C(F)F)nc3ccccc23)cc1)N1CCCC1. The number of fused-ring (bicyclic) bond motifs is 1. The van der Waals surface area contributed by atoms with Crippen molar-refractivity contribution in [1.82, 2.24) is 14.3 Å². The lowest BCUT2D eigenvalue weighted by atomic mass is 10.2. The molecule has 0 atom stereocenters. The zero-order chi connectivity index (χ0) is 20.4. The molecule has 0 bridgehead atoms. The van der Waals surface area contributed by atoms with E-state index in [4.69, 9.17) is 0 Å². The minimum atomic E-state index is -3.46. The van der Waals surface area contributed by atoms with E-state index in [1.807, 2.05) is 0 Å². The molecule has 0 unspecified atom stereocenters. The third-order valence-corrected chi connectivity index (χ3v) is 6.81. The highest BCUT2D eigenvalue weighted by Gasteiger charge is 2.26. The van der Waals surface area contributed by atoms with Gasteiger partial charge in [0, 0.05) is 25.0 Å². The molecule has 3 aromatic rings. The summed E-state index contributed by atoms with van der Waals surface area (Å²) in [5, 5.41) is 3.71. The van der Waals surface area contributed by atoms with Gasteiger partial charge in [0.2, 0.25) is 10.0 Å². The zero-order valence-corrected chi connectivity index (χ0v) is 16.4. The Morgan fingerprint density at radius 1 is 1.00 bits per heavy atom. The van der Waals surface area contributed by atoms with Crippen molar-refractivity contribution in [3.8, 4) is 0 Å². The molecule has 2 aromatic carbocycles. The van der Waals surface area contributed by atoms with E-state index in [1.165, 1.54) is 4.31 Å². The molecule has 4 rings (SSSR count). The van der Waals surface area contributed by atoms with Crippen LogP contribution in [0.5, 0.6) is 0 Å². The van der Waals surface area contributed by atoms with Crippen molar-refractivity contribution in [1.29, 1.82) is 0 Å². The van der Waals surface area contributed by atoms with Crippen molar-refractivity contribution < 1.29 is 17.2 Å². The van der Waals surface area contributed by atoms with E-state index >= 15 is 0 Å². The Bertz CT molecular complexity index is 1120. The van der Waals surface area contributed by atoms with Gasteiger partial charge >= 0.3 is 0 Å². The smallest absolute Gasteiger partial charge is 0.297 e. The quantitative estimate of drug-likeness (QED) is 0.656. The van der Waals surface area contributed by atoms with Crippen LogP contribution in [0.3, 0.4) is 0 Å². The Hall–Kier alpha value is -2.65. The van der Waals surface area contributed by atoms with E-state index in [-0.39, 0.29) is 4.90 Å². The van der Waals surface area contributed by atoms with Gasteiger partial charge in [0.05, 0.1) is 10.4 Å². The largest absolute Gasteiger partial charge is 0.365 e. The number of aromatic nitrogens is 2. The van der Waals surface area contributed by atoms with Crippen molar-refractivity contribution in [3.63, 3.8) is 0 Å². The van der Waals surface area contributed by atoms with E-state index in [9.17, 15) is 17.2 Å². The molecule has 9 heteroatoms. The van der Waals surface area contributed by atoms with Gasteiger partial charge in [0.25, 0.3) is 6.43 Å². The number of benzene rings is 2. The van der Waals surface area contributed by atoms with Crippen LogP contribution in [-0.2, 0) is 16.6 Å². The van der Waals surface area contributed by atoms with E-state index in [0.29, 0.717) is 36.4 Å². The molecular weight excluding hydrogens is 398 g/mol. The minimum absolute atomic E-state index is 0.260. The molecule has 1 fully saturated rings. The first-order chi connectivity index (χ1) is 13.9. The van der Waals surface area contributed by atoms with Crippen molar-refractivity contribution >= 4 is 26.7 Å². The van der Waals surface area contributed by atoms with Crippen LogP contribution in [0, 0.1) is 0 Å². The van der Waals surface area contributed by atoms with Crippen LogP contribution in [0.15, 0.2) is 53.4 Å². The number of hydrogen-bond donors (Lipinski definition) is 1. The molecule has 2 heterocycles. The molecule has 1 aromatic heterocycles. The normalized spacial score (nSPS) is 15.3. The molecule has 152 valence electrons. The van der Waals surface area contributed by atoms with Gasteiger partial charge in [-0.15, -0.1) is 0 Å². The maximum absolute atomic E-state index is 13.1. The molecule has 1 N–H and O–H groups in total. The van der Waals surface area contributed by atoms with Gasteiger partial charge in [0.1, 0.15) is 5.82 Å². The summed E-state index contributed by atoms with van der Waals surface area (Å²) in [7, 11) is -3.46. The van der Waals surface area contributed by atoms with Gasteiger partial charge < -0.3 is 5.32 Å². The molecule has 1 aliphatic heterocycles. The van der Waals surface area contributed by atoms with Crippen LogP contribution in [0.4, 0.5) is 14.6 Å². The van der Waals surface area contributed by atoms with Crippen molar-refractivity contribution in [2.45, 2.75) is 30.7 Å². The second-order valence-electron chi connectivity index (χ2n) is 6.86. The summed E-state index contributed by atoms with van der Waals surface area (Å²) < 4.78 is 52.9. The summed E-state index contributed by atoms with van der Waals surface area (Å²) in [6.45, 7) is 1.42. The molecule has 0 spiro atoms. The lowest BCUT2D eigenvalue weighted by Crippen LogP contribution is -2.27. The summed E-state index contributed by atoms with van der Waals surface area (Å²) in [6, 6.07) is 13.5. The van der Waals surface area contributed by atoms with E-state index in [2.05, 4.69) is 15.3 Å². The Balaban J connectivity index is 1.54.